The second-order valence-electron chi connectivity index (χ2n) is 5.22. The Kier molecular flexibility index (Phi) is 4.45. The lowest BCUT2D eigenvalue weighted by Crippen LogP contribution is -2.21. The van der Waals surface area contributed by atoms with Crippen LogP contribution in [-0.2, 0) is 6.54 Å². The number of nitrogens with zero attached hydrogens (tertiary/aromatic N) is 2. The van der Waals surface area contributed by atoms with E-state index in [-0.39, 0.29) is 5.82 Å². The number of aryl methyl sites for hydroxylation is 1. The van der Waals surface area contributed by atoms with Crippen molar-refractivity contribution in [2.45, 2.75) is 40.3 Å². The summed E-state index contributed by atoms with van der Waals surface area (Å²) in [7, 11) is 0. The maximum atomic E-state index is 14.2. The summed E-state index contributed by atoms with van der Waals surface area (Å²) >= 11 is 6.10. The molecular weight excluding hydrogens is 277 g/mol. The number of benzene rings is 1. The Morgan fingerprint density at radius 2 is 2.05 bits per heavy atom. The molecule has 3 nitrogen and oxygen atoms in total. The van der Waals surface area contributed by atoms with Crippen molar-refractivity contribution in [1.82, 2.24) is 15.1 Å². The molecule has 0 saturated heterocycles. The summed E-state index contributed by atoms with van der Waals surface area (Å²) in [5, 5.41) is 8.12. The first-order chi connectivity index (χ1) is 9.40. The quantitative estimate of drug-likeness (QED) is 0.930. The van der Waals surface area contributed by atoms with Crippen molar-refractivity contribution in [3.8, 4) is 5.69 Å². The van der Waals surface area contributed by atoms with Gasteiger partial charge in [0, 0.05) is 12.6 Å². The van der Waals surface area contributed by atoms with E-state index in [9.17, 15) is 4.39 Å². The summed E-state index contributed by atoms with van der Waals surface area (Å²) in [4.78, 5) is 0. The molecule has 20 heavy (non-hydrogen) atoms. The molecule has 0 unspecified atom stereocenters. The molecule has 0 spiro atoms. The van der Waals surface area contributed by atoms with Gasteiger partial charge in [0.05, 0.1) is 16.4 Å². The van der Waals surface area contributed by atoms with Crippen molar-refractivity contribution in [3.63, 3.8) is 0 Å². The largest absolute Gasteiger partial charge is 0.310 e. The van der Waals surface area contributed by atoms with Gasteiger partial charge >= 0.3 is 0 Å². The molecule has 108 valence electrons. The van der Waals surface area contributed by atoms with E-state index in [1.807, 2.05) is 19.9 Å². The Morgan fingerprint density at radius 3 is 2.55 bits per heavy atom. The summed E-state index contributed by atoms with van der Waals surface area (Å²) in [5.41, 5.74) is 2.78. The standard InChI is InChI=1S/C15H19ClFN3/c1-9(2)18-8-12-5-6-14(13(17)7-12)20-11(4)15(16)10(3)19-20/h5-7,9,18H,8H2,1-4H3. The number of hydrogen-bond donors (Lipinski definition) is 1. The topological polar surface area (TPSA) is 29.9 Å². The van der Waals surface area contributed by atoms with E-state index in [0.29, 0.717) is 29.0 Å². The lowest BCUT2D eigenvalue weighted by molar-refractivity contribution is 0.577. The Morgan fingerprint density at radius 1 is 1.35 bits per heavy atom. The highest BCUT2D eigenvalue weighted by Crippen LogP contribution is 2.24. The molecule has 0 aliphatic carbocycles. The average Bonchev–Trinajstić information content (AvgIpc) is 2.64. The molecule has 0 aliphatic rings. The van der Waals surface area contributed by atoms with Gasteiger partial charge in [0.2, 0.25) is 0 Å². The van der Waals surface area contributed by atoms with Crippen LogP contribution in [0.1, 0.15) is 30.8 Å². The highest BCUT2D eigenvalue weighted by Gasteiger charge is 2.14. The lowest BCUT2D eigenvalue weighted by atomic mass is 10.2. The molecule has 1 aromatic heterocycles. The van der Waals surface area contributed by atoms with E-state index < -0.39 is 0 Å². The van der Waals surface area contributed by atoms with Crippen LogP contribution >= 0.6 is 11.6 Å². The Bertz CT molecular complexity index is 620. The van der Waals surface area contributed by atoms with Crippen molar-refractivity contribution in [3.05, 3.63) is 46.0 Å². The fraction of sp³-hybridized carbons (Fsp3) is 0.400. The molecule has 1 heterocycles. The highest BCUT2D eigenvalue weighted by molar-refractivity contribution is 6.31. The number of rotatable bonds is 4. The summed E-state index contributed by atoms with van der Waals surface area (Å²) < 4.78 is 15.8. The smallest absolute Gasteiger partial charge is 0.149 e. The van der Waals surface area contributed by atoms with Gasteiger partial charge in [0.1, 0.15) is 11.5 Å². The second-order valence-corrected chi connectivity index (χ2v) is 5.60. The van der Waals surface area contributed by atoms with E-state index in [1.54, 1.807) is 10.7 Å². The van der Waals surface area contributed by atoms with Crippen LogP contribution in [0.25, 0.3) is 5.69 Å². The molecule has 0 fully saturated rings. The predicted molar refractivity (Wildman–Crippen MR) is 80.0 cm³/mol. The minimum atomic E-state index is -0.296. The summed E-state index contributed by atoms with van der Waals surface area (Å²) in [5.74, 6) is -0.296. The van der Waals surface area contributed by atoms with Crippen LogP contribution in [0.3, 0.4) is 0 Å². The first-order valence-corrected chi connectivity index (χ1v) is 7.02. The van der Waals surface area contributed by atoms with Crippen molar-refractivity contribution in [2.75, 3.05) is 0 Å². The second kappa shape index (κ2) is 5.94. The van der Waals surface area contributed by atoms with Crippen LogP contribution in [-0.4, -0.2) is 15.8 Å². The zero-order valence-electron chi connectivity index (χ0n) is 12.2. The minimum absolute atomic E-state index is 0.296. The van der Waals surface area contributed by atoms with Gasteiger partial charge in [-0.1, -0.05) is 31.5 Å². The third-order valence-corrected chi connectivity index (χ3v) is 3.70. The number of aromatic nitrogens is 2. The number of halogens is 2. The highest BCUT2D eigenvalue weighted by atomic mass is 35.5. The van der Waals surface area contributed by atoms with E-state index in [4.69, 9.17) is 11.6 Å². The van der Waals surface area contributed by atoms with Crippen LogP contribution < -0.4 is 5.32 Å². The van der Waals surface area contributed by atoms with Gasteiger partial charge in [0.15, 0.2) is 0 Å². The Labute approximate surface area is 123 Å². The van der Waals surface area contributed by atoms with Gasteiger partial charge in [-0.2, -0.15) is 5.10 Å². The monoisotopic (exact) mass is 295 g/mol. The average molecular weight is 296 g/mol. The Balaban J connectivity index is 2.32. The normalized spacial score (nSPS) is 11.3. The fourth-order valence-corrected chi connectivity index (χ4v) is 2.13. The predicted octanol–water partition coefficient (Wildman–Crippen LogP) is 3.78. The van der Waals surface area contributed by atoms with Gasteiger partial charge in [-0.15, -0.1) is 0 Å². The molecule has 1 aromatic carbocycles. The zero-order valence-corrected chi connectivity index (χ0v) is 12.9. The molecule has 5 heteroatoms. The van der Waals surface area contributed by atoms with E-state index in [1.165, 1.54) is 6.07 Å². The molecular formula is C15H19ClFN3. The zero-order chi connectivity index (χ0) is 14.9. The molecule has 0 atom stereocenters. The van der Waals surface area contributed by atoms with E-state index in [2.05, 4.69) is 24.3 Å². The molecule has 0 saturated carbocycles. The summed E-state index contributed by atoms with van der Waals surface area (Å²) in [6, 6.07) is 5.54. The molecule has 0 radical (unpaired) electrons. The molecule has 0 aliphatic heterocycles. The van der Waals surface area contributed by atoms with Gasteiger partial charge < -0.3 is 5.32 Å². The minimum Gasteiger partial charge on any atom is -0.310 e. The van der Waals surface area contributed by atoms with E-state index in [0.717, 1.165) is 11.3 Å². The third-order valence-electron chi connectivity index (χ3n) is 3.16. The Hall–Kier alpha value is -1.39. The molecule has 1 N–H and O–H groups in total. The first kappa shape index (κ1) is 15.0. The number of hydrogen-bond acceptors (Lipinski definition) is 2. The number of nitrogens with one attached hydrogen (secondary N) is 1. The molecule has 0 bridgehead atoms. The van der Waals surface area contributed by atoms with Gasteiger partial charge in [-0.3, -0.25) is 0 Å². The molecule has 2 rings (SSSR count). The summed E-state index contributed by atoms with van der Waals surface area (Å²) in [6.45, 7) is 8.40. The SMILES string of the molecule is Cc1nn(-c2ccc(CNC(C)C)cc2F)c(C)c1Cl. The van der Waals surface area contributed by atoms with Crippen LogP contribution in [0.5, 0.6) is 0 Å². The van der Waals surface area contributed by atoms with Crippen molar-refractivity contribution < 1.29 is 4.39 Å². The third kappa shape index (κ3) is 3.02. The summed E-state index contributed by atoms with van der Waals surface area (Å²) in [6.07, 6.45) is 0. The van der Waals surface area contributed by atoms with Crippen LogP contribution in [0.15, 0.2) is 18.2 Å². The fourth-order valence-electron chi connectivity index (χ4n) is 2.01. The van der Waals surface area contributed by atoms with Crippen molar-refractivity contribution in [2.24, 2.45) is 0 Å². The molecule has 0 amide bonds. The van der Waals surface area contributed by atoms with Crippen molar-refractivity contribution in [1.29, 1.82) is 0 Å². The van der Waals surface area contributed by atoms with Gasteiger partial charge in [-0.05, 0) is 31.5 Å². The van der Waals surface area contributed by atoms with Gasteiger partial charge in [-0.25, -0.2) is 9.07 Å². The van der Waals surface area contributed by atoms with Crippen molar-refractivity contribution >= 4 is 11.6 Å². The van der Waals surface area contributed by atoms with E-state index >= 15 is 0 Å². The first-order valence-electron chi connectivity index (χ1n) is 6.64. The van der Waals surface area contributed by atoms with Crippen LogP contribution in [0.4, 0.5) is 4.39 Å². The maximum absolute atomic E-state index is 14.2. The van der Waals surface area contributed by atoms with Crippen LogP contribution in [0.2, 0.25) is 5.02 Å². The lowest BCUT2D eigenvalue weighted by Gasteiger charge is -2.10. The van der Waals surface area contributed by atoms with Crippen LogP contribution in [0, 0.1) is 19.7 Å². The maximum Gasteiger partial charge on any atom is 0.149 e. The van der Waals surface area contributed by atoms with Gasteiger partial charge in [0.25, 0.3) is 0 Å². The molecule has 2 aromatic rings.